The van der Waals surface area contributed by atoms with E-state index in [0.717, 1.165) is 20.5 Å². The third-order valence-electron chi connectivity index (χ3n) is 2.26. The van der Waals surface area contributed by atoms with E-state index < -0.39 is 0 Å². The number of rotatable bonds is 1. The van der Waals surface area contributed by atoms with E-state index in [4.69, 9.17) is 10.4 Å². The molecule has 1 aromatic heterocycles. The predicted molar refractivity (Wildman–Crippen MR) is 57.2 cm³/mol. The summed E-state index contributed by atoms with van der Waals surface area (Å²) in [6, 6.07) is 7.94. The Balaban J connectivity index is 2.91. The Hall–Kier alpha value is -1.37. The van der Waals surface area contributed by atoms with Gasteiger partial charge in [0.25, 0.3) is 0 Å². The second-order valence-electron chi connectivity index (χ2n) is 3.09. The van der Waals surface area contributed by atoms with Gasteiger partial charge in [-0.05, 0) is 18.6 Å². The highest BCUT2D eigenvalue weighted by Crippen LogP contribution is 2.32. The standard InChI is InChI=1S/C11H9NOS/c1-7-9(5-12)11-8(6-13)3-2-4-10(11)14-7/h2-4,13H,6H2,1H3. The van der Waals surface area contributed by atoms with Gasteiger partial charge in [-0.15, -0.1) is 11.3 Å². The van der Waals surface area contributed by atoms with Crippen LogP contribution in [-0.2, 0) is 6.61 Å². The van der Waals surface area contributed by atoms with Crippen molar-refractivity contribution in [2.24, 2.45) is 0 Å². The van der Waals surface area contributed by atoms with Crippen molar-refractivity contribution < 1.29 is 5.11 Å². The molecule has 2 rings (SSSR count). The van der Waals surface area contributed by atoms with Gasteiger partial charge in [0.05, 0.1) is 12.2 Å². The lowest BCUT2D eigenvalue weighted by Crippen LogP contribution is -1.85. The van der Waals surface area contributed by atoms with E-state index >= 15 is 0 Å². The van der Waals surface area contributed by atoms with E-state index in [1.165, 1.54) is 0 Å². The van der Waals surface area contributed by atoms with E-state index in [0.29, 0.717) is 5.56 Å². The van der Waals surface area contributed by atoms with Gasteiger partial charge in [0, 0.05) is 15.0 Å². The van der Waals surface area contributed by atoms with Crippen LogP contribution in [0.5, 0.6) is 0 Å². The molecule has 1 N–H and O–H groups in total. The summed E-state index contributed by atoms with van der Waals surface area (Å²) in [5.74, 6) is 0. The van der Waals surface area contributed by atoms with Crippen LogP contribution >= 0.6 is 11.3 Å². The van der Waals surface area contributed by atoms with Crippen LogP contribution in [0.1, 0.15) is 16.0 Å². The number of hydrogen-bond acceptors (Lipinski definition) is 3. The number of fused-ring (bicyclic) bond motifs is 1. The van der Waals surface area contributed by atoms with Crippen molar-refractivity contribution in [2.75, 3.05) is 0 Å². The topological polar surface area (TPSA) is 44.0 Å². The molecule has 0 radical (unpaired) electrons. The minimum Gasteiger partial charge on any atom is -0.392 e. The molecule has 0 amide bonds. The Morgan fingerprint density at radius 1 is 1.50 bits per heavy atom. The number of aliphatic hydroxyl groups is 1. The summed E-state index contributed by atoms with van der Waals surface area (Å²) >= 11 is 1.60. The zero-order chi connectivity index (χ0) is 10.1. The highest BCUT2D eigenvalue weighted by atomic mass is 32.1. The average Bonchev–Trinajstić information content (AvgIpc) is 2.52. The second-order valence-corrected chi connectivity index (χ2v) is 4.35. The first-order valence-electron chi connectivity index (χ1n) is 4.30. The number of benzene rings is 1. The SMILES string of the molecule is Cc1sc2cccc(CO)c2c1C#N. The van der Waals surface area contributed by atoms with Crippen LogP contribution in [-0.4, -0.2) is 5.11 Å². The molecule has 0 saturated carbocycles. The maximum Gasteiger partial charge on any atom is 0.101 e. The molecule has 0 fully saturated rings. The summed E-state index contributed by atoms with van der Waals surface area (Å²) in [4.78, 5) is 1.02. The van der Waals surface area contributed by atoms with Gasteiger partial charge < -0.3 is 5.11 Å². The van der Waals surface area contributed by atoms with Crippen molar-refractivity contribution in [1.82, 2.24) is 0 Å². The van der Waals surface area contributed by atoms with Crippen LogP contribution in [0.25, 0.3) is 10.1 Å². The van der Waals surface area contributed by atoms with Gasteiger partial charge in [0.15, 0.2) is 0 Å². The van der Waals surface area contributed by atoms with Crippen molar-refractivity contribution in [2.45, 2.75) is 13.5 Å². The molecule has 2 nitrogen and oxygen atoms in total. The van der Waals surface area contributed by atoms with E-state index in [-0.39, 0.29) is 6.61 Å². The van der Waals surface area contributed by atoms with Gasteiger partial charge in [0.2, 0.25) is 0 Å². The molecular weight excluding hydrogens is 194 g/mol. The summed E-state index contributed by atoms with van der Waals surface area (Å²) in [5.41, 5.74) is 1.54. The molecule has 0 aliphatic rings. The Bertz CT molecular complexity index is 522. The van der Waals surface area contributed by atoms with Gasteiger partial charge in [-0.25, -0.2) is 0 Å². The third-order valence-corrected chi connectivity index (χ3v) is 3.33. The first-order chi connectivity index (χ1) is 6.77. The summed E-state index contributed by atoms with van der Waals surface area (Å²) in [6.45, 7) is 1.92. The van der Waals surface area contributed by atoms with E-state index in [1.807, 2.05) is 25.1 Å². The number of hydrogen-bond donors (Lipinski definition) is 1. The van der Waals surface area contributed by atoms with Gasteiger partial charge in [0.1, 0.15) is 6.07 Å². The lowest BCUT2D eigenvalue weighted by Gasteiger charge is -1.98. The normalized spacial score (nSPS) is 10.4. The van der Waals surface area contributed by atoms with Crippen molar-refractivity contribution >= 4 is 21.4 Å². The van der Waals surface area contributed by atoms with Crippen molar-refractivity contribution in [3.63, 3.8) is 0 Å². The maximum atomic E-state index is 9.16. The van der Waals surface area contributed by atoms with Crippen LogP contribution in [0.2, 0.25) is 0 Å². The first-order valence-corrected chi connectivity index (χ1v) is 5.11. The lowest BCUT2D eigenvalue weighted by atomic mass is 10.1. The quantitative estimate of drug-likeness (QED) is 0.774. The number of aliphatic hydroxyl groups excluding tert-OH is 1. The largest absolute Gasteiger partial charge is 0.392 e. The number of aryl methyl sites for hydroxylation is 1. The molecule has 0 bridgehead atoms. The minimum atomic E-state index is -0.0117. The fourth-order valence-electron chi connectivity index (χ4n) is 1.60. The smallest absolute Gasteiger partial charge is 0.101 e. The monoisotopic (exact) mass is 203 g/mol. The molecule has 70 valence electrons. The van der Waals surface area contributed by atoms with Gasteiger partial charge in [-0.2, -0.15) is 5.26 Å². The molecular formula is C11H9NOS. The average molecular weight is 203 g/mol. The molecule has 0 aliphatic carbocycles. The number of nitrogens with zero attached hydrogens (tertiary/aromatic N) is 1. The maximum absolute atomic E-state index is 9.16. The highest BCUT2D eigenvalue weighted by Gasteiger charge is 2.11. The fourth-order valence-corrected chi connectivity index (χ4v) is 2.67. The summed E-state index contributed by atoms with van der Waals surface area (Å²) in [7, 11) is 0. The lowest BCUT2D eigenvalue weighted by molar-refractivity contribution is 0.283. The molecule has 1 heterocycles. The molecule has 1 aromatic carbocycles. The van der Waals surface area contributed by atoms with Gasteiger partial charge >= 0.3 is 0 Å². The Kier molecular flexibility index (Phi) is 2.24. The highest BCUT2D eigenvalue weighted by molar-refractivity contribution is 7.19. The zero-order valence-corrected chi connectivity index (χ0v) is 8.56. The number of thiophene rings is 1. The Morgan fingerprint density at radius 2 is 2.29 bits per heavy atom. The minimum absolute atomic E-state index is 0.0117. The van der Waals surface area contributed by atoms with Crippen LogP contribution in [0, 0.1) is 18.3 Å². The Morgan fingerprint density at radius 3 is 2.93 bits per heavy atom. The van der Waals surface area contributed by atoms with Crippen LogP contribution in [0.15, 0.2) is 18.2 Å². The fraction of sp³-hybridized carbons (Fsp3) is 0.182. The molecule has 0 atom stereocenters. The molecule has 3 heteroatoms. The van der Waals surface area contributed by atoms with Gasteiger partial charge in [-0.1, -0.05) is 12.1 Å². The molecule has 0 spiro atoms. The van der Waals surface area contributed by atoms with Crippen molar-refractivity contribution in [3.05, 3.63) is 34.2 Å². The van der Waals surface area contributed by atoms with Crippen molar-refractivity contribution in [1.29, 1.82) is 5.26 Å². The molecule has 2 aromatic rings. The van der Waals surface area contributed by atoms with E-state index in [9.17, 15) is 0 Å². The van der Waals surface area contributed by atoms with Crippen LogP contribution in [0.4, 0.5) is 0 Å². The summed E-state index contributed by atoms with van der Waals surface area (Å²) in [6.07, 6.45) is 0. The molecule has 0 saturated heterocycles. The van der Waals surface area contributed by atoms with Crippen molar-refractivity contribution in [3.8, 4) is 6.07 Å². The molecule has 0 aliphatic heterocycles. The van der Waals surface area contributed by atoms with Crippen LogP contribution < -0.4 is 0 Å². The van der Waals surface area contributed by atoms with Crippen LogP contribution in [0.3, 0.4) is 0 Å². The second kappa shape index (κ2) is 3.41. The summed E-state index contributed by atoms with van der Waals surface area (Å²) < 4.78 is 1.07. The van der Waals surface area contributed by atoms with E-state index in [2.05, 4.69) is 6.07 Å². The molecule has 0 unspecified atom stereocenters. The zero-order valence-electron chi connectivity index (χ0n) is 7.74. The van der Waals surface area contributed by atoms with E-state index in [1.54, 1.807) is 11.3 Å². The van der Waals surface area contributed by atoms with Gasteiger partial charge in [-0.3, -0.25) is 0 Å². The number of nitriles is 1. The third kappa shape index (κ3) is 1.20. The molecule has 14 heavy (non-hydrogen) atoms. The predicted octanol–water partition coefficient (Wildman–Crippen LogP) is 2.57. The first kappa shape index (κ1) is 9.20. The Labute approximate surface area is 86.0 Å². The summed E-state index contributed by atoms with van der Waals surface area (Å²) in [5, 5.41) is 19.1.